The van der Waals surface area contributed by atoms with Crippen molar-refractivity contribution in [3.8, 4) is 11.1 Å². The molecule has 1 saturated heterocycles. The molecule has 0 radical (unpaired) electrons. The van der Waals surface area contributed by atoms with Crippen LogP contribution in [0.25, 0.3) is 22.2 Å². The van der Waals surface area contributed by atoms with Crippen molar-refractivity contribution in [3.05, 3.63) is 112 Å². The van der Waals surface area contributed by atoms with Crippen molar-refractivity contribution in [3.63, 3.8) is 0 Å². The summed E-state index contributed by atoms with van der Waals surface area (Å²) in [5.74, 6) is -1.48. The number of ether oxygens (including phenoxy) is 1. The summed E-state index contributed by atoms with van der Waals surface area (Å²) in [5.41, 5.74) is 11.6. The third-order valence-electron chi connectivity index (χ3n) is 8.89. The number of carbonyl (C=O) groups excluding carboxylic acids is 3. The van der Waals surface area contributed by atoms with E-state index in [4.69, 9.17) is 15.5 Å². The van der Waals surface area contributed by atoms with E-state index in [2.05, 4.69) is 10.4 Å². The Balaban J connectivity index is 1.47. The molecule has 2 aromatic heterocycles. The monoisotopic (exact) mass is 662 g/mol. The van der Waals surface area contributed by atoms with Crippen LogP contribution in [0.5, 0.6) is 0 Å². The molecule has 1 aliphatic heterocycles. The number of nitrogens with two attached hydrogens (primary N) is 1. The summed E-state index contributed by atoms with van der Waals surface area (Å²) in [4.78, 5) is 44.6. The van der Waals surface area contributed by atoms with Crippen LogP contribution in [-0.4, -0.2) is 57.0 Å². The first-order chi connectivity index (χ1) is 23.8. The quantitative estimate of drug-likeness (QED) is 0.153. The highest BCUT2D eigenvalue weighted by Gasteiger charge is 2.26. The van der Waals surface area contributed by atoms with Crippen molar-refractivity contribution in [1.82, 2.24) is 19.7 Å². The van der Waals surface area contributed by atoms with E-state index in [0.717, 1.165) is 47.1 Å². The minimum absolute atomic E-state index is 0.0455. The molecule has 5 aromatic rings. The average Bonchev–Trinajstić information content (AvgIpc) is 3.54. The molecular weight excluding hydrogens is 623 g/mol. The number of aldehydes is 1. The Morgan fingerprint density at radius 3 is 2.53 bits per heavy atom. The zero-order valence-electron chi connectivity index (χ0n) is 27.6. The van der Waals surface area contributed by atoms with Crippen molar-refractivity contribution < 1.29 is 23.5 Å². The molecule has 0 saturated carbocycles. The van der Waals surface area contributed by atoms with Gasteiger partial charge >= 0.3 is 0 Å². The number of nitrogens with zero attached hydrogens (tertiary/aromatic N) is 4. The Bertz CT molecular complexity index is 2020. The Morgan fingerprint density at radius 2 is 1.80 bits per heavy atom. The first kappa shape index (κ1) is 33.5. The summed E-state index contributed by atoms with van der Waals surface area (Å²) >= 11 is 0. The van der Waals surface area contributed by atoms with Gasteiger partial charge in [0.05, 0.1) is 23.8 Å². The molecule has 49 heavy (non-hydrogen) atoms. The maximum atomic E-state index is 15.2. The fourth-order valence-electron chi connectivity index (χ4n) is 6.38. The number of pyridine rings is 1. The Kier molecular flexibility index (Phi) is 10.1. The highest BCUT2D eigenvalue weighted by molar-refractivity contribution is 5.99. The molecule has 11 heteroatoms. The molecular formula is C38H39FN6O4. The molecule has 1 fully saturated rings. The number of rotatable bonds is 12. The van der Waals surface area contributed by atoms with Gasteiger partial charge in [-0.25, -0.2) is 14.1 Å². The molecule has 0 bridgehead atoms. The number of nitrogens with one attached hydrogen (secondary N) is 1. The van der Waals surface area contributed by atoms with Crippen molar-refractivity contribution in [2.45, 2.75) is 58.8 Å². The number of fused-ring (bicyclic) bond motifs is 1. The summed E-state index contributed by atoms with van der Waals surface area (Å²) in [6, 6.07) is 18.0. The molecule has 2 amide bonds. The van der Waals surface area contributed by atoms with E-state index in [0.29, 0.717) is 48.4 Å². The molecule has 0 unspecified atom stereocenters. The summed E-state index contributed by atoms with van der Waals surface area (Å²) < 4.78 is 22.7. The van der Waals surface area contributed by atoms with Crippen LogP contribution in [-0.2, 0) is 30.8 Å². The second-order valence-electron chi connectivity index (χ2n) is 12.2. The van der Waals surface area contributed by atoms with Crippen LogP contribution in [0.2, 0.25) is 0 Å². The second-order valence-corrected chi connectivity index (χ2v) is 12.2. The smallest absolute Gasteiger partial charge is 0.254 e. The molecule has 6 rings (SSSR count). The zero-order valence-corrected chi connectivity index (χ0v) is 27.6. The van der Waals surface area contributed by atoms with Gasteiger partial charge in [0.15, 0.2) is 5.65 Å². The van der Waals surface area contributed by atoms with E-state index >= 15 is 4.39 Å². The Morgan fingerprint density at radius 1 is 1.02 bits per heavy atom. The topological polar surface area (TPSA) is 132 Å². The average molecular weight is 663 g/mol. The van der Waals surface area contributed by atoms with Gasteiger partial charge in [0, 0.05) is 60.3 Å². The molecule has 3 aromatic carbocycles. The van der Waals surface area contributed by atoms with E-state index in [9.17, 15) is 14.4 Å². The second kappa shape index (κ2) is 14.8. The molecule has 0 aliphatic carbocycles. The third-order valence-corrected chi connectivity index (χ3v) is 8.89. The van der Waals surface area contributed by atoms with Crippen molar-refractivity contribution in [2.75, 3.05) is 18.5 Å². The van der Waals surface area contributed by atoms with Crippen LogP contribution in [0, 0.1) is 5.82 Å². The minimum atomic E-state index is -0.646. The number of amides is 2. The summed E-state index contributed by atoms with van der Waals surface area (Å²) in [6.45, 7) is 6.17. The number of carbonyl (C=O) groups is 3. The molecule has 252 valence electrons. The van der Waals surface area contributed by atoms with Gasteiger partial charge in [0.2, 0.25) is 5.91 Å². The van der Waals surface area contributed by atoms with Crippen LogP contribution >= 0.6 is 0 Å². The van der Waals surface area contributed by atoms with Gasteiger partial charge in [-0.05, 0) is 85.3 Å². The number of halogens is 1. The van der Waals surface area contributed by atoms with Crippen LogP contribution in [0.15, 0.2) is 72.9 Å². The van der Waals surface area contributed by atoms with Gasteiger partial charge in [0.1, 0.15) is 12.1 Å². The molecule has 0 spiro atoms. The summed E-state index contributed by atoms with van der Waals surface area (Å²) in [7, 11) is 0. The minimum Gasteiger partial charge on any atom is -0.381 e. The van der Waals surface area contributed by atoms with E-state index in [1.165, 1.54) is 18.2 Å². The third kappa shape index (κ3) is 7.36. The lowest BCUT2D eigenvalue weighted by atomic mass is 9.99. The predicted molar refractivity (Wildman–Crippen MR) is 186 cm³/mol. The van der Waals surface area contributed by atoms with Crippen LogP contribution < -0.4 is 11.1 Å². The number of primary amides is 1. The summed E-state index contributed by atoms with van der Waals surface area (Å²) in [6.07, 6.45) is 4.81. The Labute approximate surface area is 284 Å². The highest BCUT2D eigenvalue weighted by Crippen LogP contribution is 2.33. The predicted octanol–water partition coefficient (Wildman–Crippen LogP) is 6.16. The first-order valence-electron chi connectivity index (χ1n) is 16.5. The zero-order chi connectivity index (χ0) is 34.5. The van der Waals surface area contributed by atoms with Gasteiger partial charge in [-0.1, -0.05) is 31.2 Å². The fraction of sp³-hybridized carbons (Fsp3) is 0.289. The van der Waals surface area contributed by atoms with E-state index in [1.807, 2.05) is 36.9 Å². The van der Waals surface area contributed by atoms with Crippen molar-refractivity contribution in [2.24, 2.45) is 5.73 Å². The lowest BCUT2D eigenvalue weighted by Crippen LogP contribution is -2.33. The van der Waals surface area contributed by atoms with E-state index in [-0.39, 0.29) is 36.2 Å². The standard InChI is InChI=1S/C38H39FN6O4/c1-3-34-33(35(42-31-11-13-49-14-12-31)32-20-41-45(4-2)37(32)43-34)22-44(38(48)28-10-6-9-27(18-28)36(40)47)21-25-16-29(19-30(39)17-25)26-8-5-7-24(15-26)23-46/h5-10,15-20,23,31H,3-4,11-14,21-22H2,1-2H3,(H2,40,47)(H,42,43). The maximum Gasteiger partial charge on any atom is 0.254 e. The lowest BCUT2D eigenvalue weighted by Gasteiger charge is -2.29. The molecule has 3 N–H and O–H groups in total. The van der Waals surface area contributed by atoms with Crippen molar-refractivity contribution >= 4 is 34.8 Å². The number of hydrogen-bond donors (Lipinski definition) is 2. The lowest BCUT2D eigenvalue weighted by molar-refractivity contribution is 0.0729. The molecule has 3 heterocycles. The van der Waals surface area contributed by atoms with Crippen molar-refractivity contribution in [1.29, 1.82) is 0 Å². The number of aromatic nitrogens is 3. The van der Waals surface area contributed by atoms with Crippen LogP contribution in [0.1, 0.15) is 74.6 Å². The summed E-state index contributed by atoms with van der Waals surface area (Å²) in [5, 5.41) is 9.22. The van der Waals surface area contributed by atoms with E-state index in [1.54, 1.807) is 41.3 Å². The van der Waals surface area contributed by atoms with Crippen LogP contribution in [0.3, 0.4) is 0 Å². The molecule has 1 aliphatic rings. The van der Waals surface area contributed by atoms with E-state index < -0.39 is 11.7 Å². The fourth-order valence-corrected chi connectivity index (χ4v) is 6.38. The normalized spacial score (nSPS) is 13.4. The number of hydrogen-bond acceptors (Lipinski definition) is 7. The number of benzene rings is 3. The van der Waals surface area contributed by atoms with Gasteiger partial charge in [-0.15, -0.1) is 0 Å². The van der Waals surface area contributed by atoms with Crippen LogP contribution in [0.4, 0.5) is 10.1 Å². The van der Waals surface area contributed by atoms with Gasteiger partial charge in [-0.3, -0.25) is 14.4 Å². The molecule has 0 atom stereocenters. The molecule has 10 nitrogen and oxygen atoms in total. The van der Waals surface area contributed by atoms with Gasteiger partial charge < -0.3 is 20.7 Å². The SMILES string of the molecule is CCc1nc2c(cnn2CC)c(NC2CCOCC2)c1CN(Cc1cc(F)cc(-c2cccc(C=O)c2)c1)C(=O)c1cccc(C(N)=O)c1. The largest absolute Gasteiger partial charge is 0.381 e. The van der Waals surface area contributed by atoms with Gasteiger partial charge in [-0.2, -0.15) is 5.10 Å². The number of aryl methyl sites for hydroxylation is 2. The Hall–Kier alpha value is -5.42. The first-order valence-corrected chi connectivity index (χ1v) is 16.5. The highest BCUT2D eigenvalue weighted by atomic mass is 19.1. The maximum absolute atomic E-state index is 15.2. The number of anilines is 1. The van der Waals surface area contributed by atoms with Gasteiger partial charge in [0.25, 0.3) is 5.91 Å².